The fourth-order valence-corrected chi connectivity index (χ4v) is 1.90. The van der Waals surface area contributed by atoms with E-state index in [0.717, 1.165) is 0 Å². The third kappa shape index (κ3) is 0.645. The van der Waals surface area contributed by atoms with Crippen molar-refractivity contribution in [2.75, 3.05) is 6.61 Å². The van der Waals surface area contributed by atoms with Gasteiger partial charge in [0.2, 0.25) is 0 Å². The van der Waals surface area contributed by atoms with Gasteiger partial charge in [-0.1, -0.05) is 0 Å². The quantitative estimate of drug-likeness (QED) is 0.292. The monoisotopic (exact) mass is 146 g/mol. The van der Waals surface area contributed by atoms with Gasteiger partial charge in [0.25, 0.3) is 0 Å². The van der Waals surface area contributed by atoms with Gasteiger partial charge in [-0.25, -0.2) is 0 Å². The largest absolute Gasteiger partial charge is 0.396 e. The Kier molecular flexibility index (Phi) is 1.25. The van der Waals surface area contributed by atoms with Crippen molar-refractivity contribution in [3.8, 4) is 0 Å². The Hall–Kier alpha value is -0.160. The summed E-state index contributed by atoms with van der Waals surface area (Å²) >= 11 is 0. The number of nitrogens with two attached hydrogens (primary N) is 1. The predicted octanol–water partition coefficient (Wildman–Crippen LogP) is -3.36. The zero-order chi connectivity index (χ0) is 7.30. The molecule has 0 aromatic carbocycles. The van der Waals surface area contributed by atoms with Crippen LogP contribution in [0.3, 0.4) is 0 Å². The summed E-state index contributed by atoms with van der Waals surface area (Å²) in [5.41, 5.74) is 0. The lowest BCUT2D eigenvalue weighted by molar-refractivity contribution is -0.539. The fraction of sp³-hybridized carbons (Fsp3) is 1.00. The summed E-state index contributed by atoms with van der Waals surface area (Å²) in [5, 5.41) is 29.2. The van der Waals surface area contributed by atoms with Crippen LogP contribution in [-0.2, 0) is 0 Å². The molecule has 0 amide bonds. The molecule has 10 heavy (non-hydrogen) atoms. The third-order valence-electron chi connectivity index (χ3n) is 2.64. The molecule has 4 nitrogen and oxygen atoms in total. The minimum atomic E-state index is -0.704. The van der Waals surface area contributed by atoms with E-state index in [9.17, 15) is 10.2 Å². The zero-order valence-electron chi connectivity index (χ0n) is 5.51. The maximum absolute atomic E-state index is 9.23. The highest BCUT2D eigenvalue weighted by molar-refractivity contribution is 5.03. The van der Waals surface area contributed by atoms with E-state index >= 15 is 0 Å². The molecule has 0 aromatic rings. The summed E-state index contributed by atoms with van der Waals surface area (Å²) in [7, 11) is 0. The van der Waals surface area contributed by atoms with Gasteiger partial charge in [-0.15, -0.1) is 0 Å². The molecule has 1 aliphatic carbocycles. The SMILES string of the molecule is OC[C@H]1[C@H](O)[C@@H](O)[C@H]2[NH2+][C@@H]12. The number of piperidine rings is 1. The van der Waals surface area contributed by atoms with Crippen LogP contribution in [0.1, 0.15) is 0 Å². The minimum absolute atomic E-state index is 0.0180. The molecule has 2 aliphatic rings. The average Bonchev–Trinajstić information content (AvgIpc) is 2.63. The number of hydrogen-bond acceptors (Lipinski definition) is 3. The molecule has 0 unspecified atom stereocenters. The highest BCUT2D eigenvalue weighted by Gasteiger charge is 2.64. The van der Waals surface area contributed by atoms with Crippen molar-refractivity contribution in [1.29, 1.82) is 0 Å². The van der Waals surface area contributed by atoms with Crippen LogP contribution < -0.4 is 5.32 Å². The lowest BCUT2D eigenvalue weighted by Gasteiger charge is -2.14. The molecule has 0 spiro atoms. The van der Waals surface area contributed by atoms with Gasteiger partial charge in [0.15, 0.2) is 6.04 Å². The van der Waals surface area contributed by atoms with E-state index < -0.39 is 12.2 Å². The summed E-state index contributed by atoms with van der Waals surface area (Å²) < 4.78 is 0. The van der Waals surface area contributed by atoms with Crippen molar-refractivity contribution >= 4 is 0 Å². The highest BCUT2D eigenvalue weighted by atomic mass is 16.3. The Balaban J connectivity index is 2.09. The van der Waals surface area contributed by atoms with Gasteiger partial charge in [-0.05, 0) is 0 Å². The molecule has 1 heterocycles. The Morgan fingerprint density at radius 3 is 2.10 bits per heavy atom. The molecule has 5 N–H and O–H groups in total. The summed E-state index contributed by atoms with van der Waals surface area (Å²) in [4.78, 5) is 0. The van der Waals surface area contributed by atoms with Gasteiger partial charge < -0.3 is 20.6 Å². The van der Waals surface area contributed by atoms with Gasteiger partial charge in [0, 0.05) is 0 Å². The van der Waals surface area contributed by atoms with E-state index in [2.05, 4.69) is 0 Å². The van der Waals surface area contributed by atoms with Gasteiger partial charge in [0.1, 0.15) is 12.1 Å². The fourth-order valence-electron chi connectivity index (χ4n) is 1.90. The Morgan fingerprint density at radius 2 is 1.80 bits per heavy atom. The van der Waals surface area contributed by atoms with E-state index in [1.165, 1.54) is 0 Å². The second-order valence-electron chi connectivity index (χ2n) is 3.17. The highest BCUT2D eigenvalue weighted by Crippen LogP contribution is 2.29. The maximum atomic E-state index is 9.23. The molecule has 1 aliphatic heterocycles. The molecule has 2 rings (SSSR count). The first kappa shape index (κ1) is 6.54. The second kappa shape index (κ2) is 1.92. The normalized spacial score (nSPS) is 58.5. The van der Waals surface area contributed by atoms with Gasteiger partial charge in [0.05, 0.1) is 18.6 Å². The molecule has 5 atom stereocenters. The molecule has 0 radical (unpaired) electrons. The van der Waals surface area contributed by atoms with E-state index in [1.54, 1.807) is 0 Å². The van der Waals surface area contributed by atoms with Crippen LogP contribution in [0.4, 0.5) is 0 Å². The van der Waals surface area contributed by atoms with E-state index in [0.29, 0.717) is 0 Å². The Morgan fingerprint density at radius 1 is 1.10 bits per heavy atom. The van der Waals surface area contributed by atoms with Crippen molar-refractivity contribution in [2.45, 2.75) is 24.3 Å². The maximum Gasteiger partial charge on any atom is 0.168 e. The van der Waals surface area contributed by atoms with Crippen LogP contribution in [0.2, 0.25) is 0 Å². The molecule has 58 valence electrons. The van der Waals surface area contributed by atoms with Crippen molar-refractivity contribution in [3.63, 3.8) is 0 Å². The smallest absolute Gasteiger partial charge is 0.168 e. The molecule has 4 heteroatoms. The third-order valence-corrected chi connectivity index (χ3v) is 2.64. The topological polar surface area (TPSA) is 77.3 Å². The zero-order valence-corrected chi connectivity index (χ0v) is 5.51. The van der Waals surface area contributed by atoms with Gasteiger partial charge in [-0.2, -0.15) is 0 Å². The molecule has 0 aromatic heterocycles. The first-order chi connectivity index (χ1) is 4.75. The molecule has 0 bridgehead atoms. The predicted molar refractivity (Wildman–Crippen MR) is 32.1 cm³/mol. The number of rotatable bonds is 1. The summed E-state index contributed by atoms with van der Waals surface area (Å²) in [5.74, 6) is -0.111. The van der Waals surface area contributed by atoms with Gasteiger partial charge >= 0.3 is 0 Å². The lowest BCUT2D eigenvalue weighted by Crippen LogP contribution is -2.70. The van der Waals surface area contributed by atoms with E-state index in [-0.39, 0.29) is 24.6 Å². The molecular formula is C6H12NO3+. The van der Waals surface area contributed by atoms with Crippen molar-refractivity contribution in [1.82, 2.24) is 0 Å². The second-order valence-corrected chi connectivity index (χ2v) is 3.17. The number of fused-ring (bicyclic) bond motifs is 1. The summed E-state index contributed by atoms with van der Waals surface area (Å²) in [6.07, 6.45) is -1.33. The van der Waals surface area contributed by atoms with E-state index in [1.807, 2.05) is 5.32 Å². The van der Waals surface area contributed by atoms with Crippen LogP contribution in [0.15, 0.2) is 0 Å². The molecule has 1 saturated carbocycles. The van der Waals surface area contributed by atoms with Crippen LogP contribution in [0, 0.1) is 5.92 Å². The molecule has 1 saturated heterocycles. The standard InChI is InChI=1S/C6H11NO3/c8-1-2-3-4(7-3)6(10)5(2)9/h2-10H,1H2/p+1/t2-,3+,4+,5+,6+/m1/s1. The number of aliphatic hydroxyl groups excluding tert-OH is 3. The Bertz CT molecular complexity index is 152. The van der Waals surface area contributed by atoms with Crippen molar-refractivity contribution in [3.05, 3.63) is 0 Å². The average molecular weight is 146 g/mol. The lowest BCUT2D eigenvalue weighted by atomic mass is 10.1. The van der Waals surface area contributed by atoms with Crippen LogP contribution in [-0.4, -0.2) is 46.2 Å². The Labute approximate surface area is 58.5 Å². The molecular weight excluding hydrogens is 134 g/mol. The first-order valence-electron chi connectivity index (χ1n) is 3.57. The molecule has 2 fully saturated rings. The van der Waals surface area contributed by atoms with Crippen LogP contribution in [0.25, 0.3) is 0 Å². The van der Waals surface area contributed by atoms with Crippen molar-refractivity contribution < 1.29 is 20.6 Å². The van der Waals surface area contributed by atoms with Crippen LogP contribution >= 0.6 is 0 Å². The van der Waals surface area contributed by atoms with E-state index in [4.69, 9.17) is 5.11 Å². The summed E-state index contributed by atoms with van der Waals surface area (Å²) in [6, 6.07) is 0.433. The number of aliphatic hydroxyl groups is 3. The summed E-state index contributed by atoms with van der Waals surface area (Å²) in [6.45, 7) is -0.0180. The first-order valence-corrected chi connectivity index (χ1v) is 3.57. The van der Waals surface area contributed by atoms with Crippen LogP contribution in [0.5, 0.6) is 0 Å². The minimum Gasteiger partial charge on any atom is -0.396 e. The number of hydrogen-bond donors (Lipinski definition) is 4. The van der Waals surface area contributed by atoms with Crippen molar-refractivity contribution in [2.24, 2.45) is 5.92 Å². The van der Waals surface area contributed by atoms with Gasteiger partial charge in [-0.3, -0.25) is 0 Å². The number of quaternary nitrogens is 1.